The minimum absolute atomic E-state index is 0.540. The van der Waals surface area contributed by atoms with Crippen molar-refractivity contribution >= 4 is 5.69 Å². The summed E-state index contributed by atoms with van der Waals surface area (Å²) in [6.45, 7) is 6.46. The molecule has 0 amide bonds. The molecule has 0 atom stereocenters. The molecule has 0 aliphatic rings. The van der Waals surface area contributed by atoms with Crippen molar-refractivity contribution < 1.29 is 9.47 Å². The van der Waals surface area contributed by atoms with E-state index >= 15 is 0 Å². The molecule has 0 saturated heterocycles. The van der Waals surface area contributed by atoms with Gasteiger partial charge in [-0.2, -0.15) is 0 Å². The standard InChI is InChI=1S/C26H31NO2/c1-21(2)23-13-15-25(16-14-23)29-19-17-27-24-11-6-12-26(20-24)28-18-7-10-22-8-4-3-5-9-22/h3-6,8-9,11-16,20-21,27H,7,10,17-19H2,1-2H3. The predicted molar refractivity (Wildman–Crippen MR) is 121 cm³/mol. The topological polar surface area (TPSA) is 30.5 Å². The number of rotatable bonds is 11. The van der Waals surface area contributed by atoms with Crippen molar-refractivity contribution in [2.75, 3.05) is 25.1 Å². The van der Waals surface area contributed by atoms with Crippen LogP contribution in [-0.4, -0.2) is 19.8 Å². The lowest BCUT2D eigenvalue weighted by molar-refractivity contribution is 0.311. The van der Waals surface area contributed by atoms with E-state index in [9.17, 15) is 0 Å². The highest BCUT2D eigenvalue weighted by Gasteiger charge is 2.01. The summed E-state index contributed by atoms with van der Waals surface area (Å²) in [7, 11) is 0. The first-order valence-electron chi connectivity index (χ1n) is 10.4. The lowest BCUT2D eigenvalue weighted by Crippen LogP contribution is -2.11. The summed E-state index contributed by atoms with van der Waals surface area (Å²) in [5, 5.41) is 3.40. The van der Waals surface area contributed by atoms with E-state index in [0.29, 0.717) is 19.1 Å². The van der Waals surface area contributed by atoms with Crippen molar-refractivity contribution in [1.82, 2.24) is 0 Å². The number of hydrogen-bond acceptors (Lipinski definition) is 3. The van der Waals surface area contributed by atoms with Crippen molar-refractivity contribution in [3.63, 3.8) is 0 Å². The summed E-state index contributed by atoms with van der Waals surface area (Å²) < 4.78 is 11.7. The Hall–Kier alpha value is -2.94. The fourth-order valence-electron chi connectivity index (χ4n) is 3.12. The van der Waals surface area contributed by atoms with Gasteiger partial charge in [-0.25, -0.2) is 0 Å². The summed E-state index contributed by atoms with van der Waals surface area (Å²) in [4.78, 5) is 0. The van der Waals surface area contributed by atoms with E-state index in [1.54, 1.807) is 0 Å². The summed E-state index contributed by atoms with van der Waals surface area (Å²) in [5.41, 5.74) is 3.73. The molecule has 0 unspecified atom stereocenters. The molecule has 3 rings (SSSR count). The van der Waals surface area contributed by atoms with Crippen molar-refractivity contribution in [1.29, 1.82) is 0 Å². The molecule has 29 heavy (non-hydrogen) atoms. The minimum atomic E-state index is 0.540. The highest BCUT2D eigenvalue weighted by molar-refractivity contribution is 5.48. The first-order valence-corrected chi connectivity index (χ1v) is 10.4. The molecular formula is C26H31NO2. The van der Waals surface area contributed by atoms with E-state index in [0.717, 1.165) is 36.6 Å². The van der Waals surface area contributed by atoms with Gasteiger partial charge in [-0.3, -0.25) is 0 Å². The van der Waals surface area contributed by atoms with Crippen LogP contribution in [0.3, 0.4) is 0 Å². The smallest absolute Gasteiger partial charge is 0.121 e. The second-order valence-electron chi connectivity index (χ2n) is 7.46. The zero-order chi connectivity index (χ0) is 20.3. The zero-order valence-corrected chi connectivity index (χ0v) is 17.4. The van der Waals surface area contributed by atoms with Gasteiger partial charge < -0.3 is 14.8 Å². The van der Waals surface area contributed by atoms with Crippen LogP contribution in [0.15, 0.2) is 78.9 Å². The molecule has 0 aliphatic carbocycles. The maximum absolute atomic E-state index is 5.90. The molecular weight excluding hydrogens is 358 g/mol. The second-order valence-corrected chi connectivity index (χ2v) is 7.46. The zero-order valence-electron chi connectivity index (χ0n) is 17.4. The molecule has 0 bridgehead atoms. The van der Waals surface area contributed by atoms with E-state index in [4.69, 9.17) is 9.47 Å². The Balaban J connectivity index is 1.36. The van der Waals surface area contributed by atoms with Gasteiger partial charge in [-0.1, -0.05) is 62.4 Å². The Bertz CT molecular complexity index is 844. The molecule has 3 aromatic rings. The Labute approximate surface area is 174 Å². The van der Waals surface area contributed by atoms with Crippen LogP contribution in [-0.2, 0) is 6.42 Å². The molecule has 0 fully saturated rings. The maximum atomic E-state index is 5.90. The van der Waals surface area contributed by atoms with Crippen LogP contribution in [0.5, 0.6) is 11.5 Å². The number of ether oxygens (including phenoxy) is 2. The minimum Gasteiger partial charge on any atom is -0.494 e. The van der Waals surface area contributed by atoms with Gasteiger partial charge >= 0.3 is 0 Å². The van der Waals surface area contributed by atoms with Crippen molar-refractivity contribution in [2.24, 2.45) is 0 Å². The van der Waals surface area contributed by atoms with Gasteiger partial charge in [-0.15, -0.1) is 0 Å². The number of benzene rings is 3. The molecule has 0 saturated carbocycles. The van der Waals surface area contributed by atoms with E-state index in [2.05, 4.69) is 55.6 Å². The third kappa shape index (κ3) is 7.19. The molecule has 3 aromatic carbocycles. The summed E-state index contributed by atoms with van der Waals surface area (Å²) in [5.74, 6) is 2.35. The summed E-state index contributed by atoms with van der Waals surface area (Å²) >= 11 is 0. The molecule has 152 valence electrons. The van der Waals surface area contributed by atoms with E-state index in [1.807, 2.05) is 42.5 Å². The Morgan fingerprint density at radius 2 is 1.52 bits per heavy atom. The molecule has 0 aliphatic heterocycles. The fourth-order valence-corrected chi connectivity index (χ4v) is 3.12. The third-order valence-electron chi connectivity index (χ3n) is 4.80. The molecule has 3 heteroatoms. The van der Waals surface area contributed by atoms with Crippen LogP contribution in [0.25, 0.3) is 0 Å². The summed E-state index contributed by atoms with van der Waals surface area (Å²) in [6.07, 6.45) is 2.04. The Morgan fingerprint density at radius 3 is 2.28 bits per heavy atom. The largest absolute Gasteiger partial charge is 0.494 e. The second kappa shape index (κ2) is 11.2. The fraction of sp³-hybridized carbons (Fsp3) is 0.308. The Morgan fingerprint density at radius 1 is 0.759 bits per heavy atom. The molecule has 0 spiro atoms. The van der Waals surface area contributed by atoms with Crippen LogP contribution in [0.1, 0.15) is 37.3 Å². The first kappa shape index (κ1) is 20.8. The molecule has 0 heterocycles. The van der Waals surface area contributed by atoms with Crippen LogP contribution in [0, 0.1) is 0 Å². The highest BCUT2D eigenvalue weighted by Crippen LogP contribution is 2.19. The lowest BCUT2D eigenvalue weighted by atomic mass is 10.0. The average Bonchev–Trinajstić information content (AvgIpc) is 2.76. The Kier molecular flexibility index (Phi) is 8.00. The van der Waals surface area contributed by atoms with E-state index in [-0.39, 0.29) is 0 Å². The van der Waals surface area contributed by atoms with E-state index < -0.39 is 0 Å². The SMILES string of the molecule is CC(C)c1ccc(OCCNc2cccc(OCCCc3ccccc3)c2)cc1. The number of nitrogens with one attached hydrogen (secondary N) is 1. The molecule has 3 nitrogen and oxygen atoms in total. The molecule has 0 radical (unpaired) electrons. The van der Waals surface area contributed by atoms with Crippen LogP contribution in [0.2, 0.25) is 0 Å². The van der Waals surface area contributed by atoms with Gasteiger partial charge in [0.1, 0.15) is 18.1 Å². The van der Waals surface area contributed by atoms with Gasteiger partial charge in [0.15, 0.2) is 0 Å². The summed E-state index contributed by atoms with van der Waals surface area (Å²) in [6, 6.07) is 27.0. The van der Waals surface area contributed by atoms with Crippen LogP contribution in [0.4, 0.5) is 5.69 Å². The van der Waals surface area contributed by atoms with Gasteiger partial charge in [0.25, 0.3) is 0 Å². The highest BCUT2D eigenvalue weighted by atomic mass is 16.5. The third-order valence-corrected chi connectivity index (χ3v) is 4.80. The molecule has 1 N–H and O–H groups in total. The first-order chi connectivity index (χ1) is 14.2. The normalized spacial score (nSPS) is 10.7. The number of hydrogen-bond donors (Lipinski definition) is 1. The molecule has 0 aromatic heterocycles. The van der Waals surface area contributed by atoms with Crippen LogP contribution < -0.4 is 14.8 Å². The van der Waals surface area contributed by atoms with Gasteiger partial charge in [0.2, 0.25) is 0 Å². The van der Waals surface area contributed by atoms with Gasteiger partial charge in [0, 0.05) is 18.3 Å². The van der Waals surface area contributed by atoms with Crippen molar-refractivity contribution in [2.45, 2.75) is 32.6 Å². The van der Waals surface area contributed by atoms with Crippen molar-refractivity contribution in [3.8, 4) is 11.5 Å². The number of anilines is 1. The quantitative estimate of drug-likeness (QED) is 0.390. The van der Waals surface area contributed by atoms with Gasteiger partial charge in [-0.05, 0) is 54.2 Å². The maximum Gasteiger partial charge on any atom is 0.121 e. The monoisotopic (exact) mass is 389 g/mol. The lowest BCUT2D eigenvalue weighted by Gasteiger charge is -2.11. The average molecular weight is 390 g/mol. The predicted octanol–water partition coefficient (Wildman–Crippen LogP) is 6.31. The van der Waals surface area contributed by atoms with Crippen LogP contribution >= 0.6 is 0 Å². The van der Waals surface area contributed by atoms with Crippen molar-refractivity contribution in [3.05, 3.63) is 90.0 Å². The number of aryl methyl sites for hydroxylation is 1. The van der Waals surface area contributed by atoms with E-state index in [1.165, 1.54) is 11.1 Å². The van der Waals surface area contributed by atoms with Gasteiger partial charge in [0.05, 0.1) is 6.61 Å².